The van der Waals surface area contributed by atoms with Crippen LogP contribution < -0.4 is 0 Å². The van der Waals surface area contributed by atoms with Crippen molar-refractivity contribution in [2.45, 2.75) is 68.2 Å². The van der Waals surface area contributed by atoms with E-state index in [0.29, 0.717) is 57.9 Å². The van der Waals surface area contributed by atoms with Gasteiger partial charge >= 0.3 is 23.9 Å². The third-order valence-corrected chi connectivity index (χ3v) is 13.1. The summed E-state index contributed by atoms with van der Waals surface area (Å²) in [6.07, 6.45) is 0.954. The van der Waals surface area contributed by atoms with Gasteiger partial charge in [-0.2, -0.15) is 0 Å². The number of oxime groups is 4. The molecular weight excluding hydrogens is 989 g/mol. The highest BCUT2D eigenvalue weighted by Crippen LogP contribution is 2.37. The van der Waals surface area contributed by atoms with E-state index in [9.17, 15) is 28.8 Å². The van der Waals surface area contributed by atoms with Gasteiger partial charge in [-0.3, -0.25) is 9.59 Å². The van der Waals surface area contributed by atoms with Gasteiger partial charge in [0.1, 0.15) is 0 Å². The zero-order valence-corrected chi connectivity index (χ0v) is 44.0. The molecule has 16 heteroatoms. The van der Waals surface area contributed by atoms with Gasteiger partial charge in [0, 0.05) is 94.0 Å². The smallest absolute Gasteiger partial charge is 0.318 e. The Labute approximate surface area is 447 Å². The van der Waals surface area contributed by atoms with Crippen molar-refractivity contribution in [2.24, 2.45) is 20.6 Å². The van der Waals surface area contributed by atoms with Crippen molar-refractivity contribution in [1.82, 2.24) is 9.13 Å². The number of hydrogen-bond acceptors (Lipinski definition) is 14. The van der Waals surface area contributed by atoms with Crippen LogP contribution in [-0.2, 0) is 38.5 Å². The highest BCUT2D eigenvalue weighted by atomic mass is 16.7. The van der Waals surface area contributed by atoms with Crippen LogP contribution in [0.15, 0.2) is 166 Å². The largest absolute Gasteiger partial charge is 0.331 e. The second-order valence-corrected chi connectivity index (χ2v) is 18.4. The molecule has 0 aliphatic carbocycles. The van der Waals surface area contributed by atoms with E-state index in [0.717, 1.165) is 77.2 Å². The third-order valence-electron chi connectivity index (χ3n) is 13.1. The van der Waals surface area contributed by atoms with Gasteiger partial charge in [0.2, 0.25) is 0 Å². The summed E-state index contributed by atoms with van der Waals surface area (Å²) in [5.41, 5.74) is 11.5. The van der Waals surface area contributed by atoms with E-state index >= 15 is 0 Å². The second kappa shape index (κ2) is 22.5. The lowest BCUT2D eigenvalue weighted by Crippen LogP contribution is -2.06. The Morgan fingerprint density at radius 1 is 0.346 bits per heavy atom. The van der Waals surface area contributed by atoms with Gasteiger partial charge in [-0.15, -0.1) is 0 Å². The van der Waals surface area contributed by atoms with Crippen molar-refractivity contribution in [3.05, 3.63) is 190 Å². The molecule has 0 fully saturated rings. The molecule has 390 valence electrons. The summed E-state index contributed by atoms with van der Waals surface area (Å²) in [5, 5.41) is 19.3. The Morgan fingerprint density at radius 3 is 0.949 bits per heavy atom. The first-order valence-corrected chi connectivity index (χ1v) is 25.0. The molecule has 7 aromatic carbocycles. The predicted molar refractivity (Wildman–Crippen MR) is 300 cm³/mol. The van der Waals surface area contributed by atoms with Gasteiger partial charge in [-0.05, 0) is 129 Å². The maximum Gasteiger partial charge on any atom is 0.331 e. The van der Waals surface area contributed by atoms with Gasteiger partial charge in [0.15, 0.2) is 11.6 Å². The summed E-state index contributed by atoms with van der Waals surface area (Å²) in [4.78, 5) is 95.5. The first kappa shape index (κ1) is 52.9. The Bertz CT molecular complexity index is 3810. The Hall–Kier alpha value is -9.96. The lowest BCUT2D eigenvalue weighted by Gasteiger charge is -2.10. The summed E-state index contributed by atoms with van der Waals surface area (Å²) in [5.74, 6) is -2.72. The quantitative estimate of drug-likeness (QED) is 0.0388. The first-order chi connectivity index (χ1) is 37.5. The monoisotopic (exact) mass is 1040 g/mol. The molecule has 0 aliphatic heterocycles. The molecule has 0 spiro atoms. The number of rotatable bonds is 16. The minimum absolute atomic E-state index is 0.298. The number of carbonyl (C=O) groups excluding carboxylic acids is 6. The minimum Gasteiger partial charge on any atom is -0.318 e. The summed E-state index contributed by atoms with van der Waals surface area (Å²) >= 11 is 0. The fourth-order valence-electron chi connectivity index (χ4n) is 9.34. The number of benzene rings is 7. The lowest BCUT2D eigenvalue weighted by molar-refractivity contribution is -0.141. The normalized spacial score (nSPS) is 12.3. The van der Waals surface area contributed by atoms with Crippen molar-refractivity contribution in [1.29, 1.82) is 0 Å². The Kier molecular flexibility index (Phi) is 15.2. The van der Waals surface area contributed by atoms with Crippen molar-refractivity contribution in [3.8, 4) is 11.4 Å². The Morgan fingerprint density at radius 2 is 0.628 bits per heavy atom. The standard InChI is InChI=1S/C62H52N6O10/c1-9-55(65-77-39(7)71)43-18-26-57-51(31-43)53-33-47(20-28-59(53)67(57)49-22-14-41(15-23-49)35(3)63-75-37(5)69)61(73)45-12-11-13-46(30-45)62(74)48-21-29-60-54(34-48)52-32-44(56(10-2)66-78-40(8)72)19-27-58(52)68(60)50-24-16-42(17-25-50)36(4)64-76-38(6)70/h11-34H,9-10H2,1-8H3. The fourth-order valence-corrected chi connectivity index (χ4v) is 9.34. The maximum atomic E-state index is 14.7. The topological polar surface area (TPSA) is 199 Å². The van der Waals surface area contributed by atoms with Crippen LogP contribution in [0.25, 0.3) is 55.0 Å². The Balaban J connectivity index is 1.10. The number of ketones is 2. The molecule has 0 atom stereocenters. The van der Waals surface area contributed by atoms with Crippen molar-refractivity contribution in [2.75, 3.05) is 0 Å². The van der Waals surface area contributed by atoms with Crippen LogP contribution in [0.2, 0.25) is 0 Å². The average Bonchev–Trinajstić information content (AvgIpc) is 4.14. The molecule has 0 amide bonds. The van der Waals surface area contributed by atoms with Crippen LogP contribution in [0.3, 0.4) is 0 Å². The van der Waals surface area contributed by atoms with Crippen LogP contribution in [0.5, 0.6) is 0 Å². The summed E-state index contributed by atoms with van der Waals surface area (Å²) in [7, 11) is 0. The van der Waals surface area contributed by atoms with Gasteiger partial charge in [0.05, 0.1) is 44.9 Å². The van der Waals surface area contributed by atoms with Crippen LogP contribution in [0.1, 0.15) is 122 Å². The average molecular weight is 1040 g/mol. The summed E-state index contributed by atoms with van der Waals surface area (Å²) in [6.45, 7) is 12.5. The number of aromatic nitrogens is 2. The van der Waals surface area contributed by atoms with Crippen LogP contribution in [-0.4, -0.2) is 67.4 Å². The summed E-state index contributed by atoms with van der Waals surface area (Å²) < 4.78 is 4.16. The number of hydrogen-bond donors (Lipinski definition) is 0. The molecule has 9 rings (SSSR count). The number of fused-ring (bicyclic) bond motifs is 6. The zero-order chi connectivity index (χ0) is 55.4. The minimum atomic E-state index is -0.541. The first-order valence-electron chi connectivity index (χ1n) is 25.0. The molecule has 0 N–H and O–H groups in total. The fraction of sp³-hybridized carbons (Fsp3) is 0.161. The molecular formula is C62H52N6O10. The van der Waals surface area contributed by atoms with E-state index in [1.165, 1.54) is 27.7 Å². The zero-order valence-electron chi connectivity index (χ0n) is 44.0. The second-order valence-electron chi connectivity index (χ2n) is 18.4. The van der Waals surface area contributed by atoms with E-state index in [-0.39, 0.29) is 11.6 Å². The highest BCUT2D eigenvalue weighted by molar-refractivity contribution is 6.19. The van der Waals surface area contributed by atoms with Gasteiger partial charge in [-0.25, -0.2) is 19.2 Å². The molecule has 78 heavy (non-hydrogen) atoms. The molecule has 2 heterocycles. The van der Waals surface area contributed by atoms with Crippen molar-refractivity contribution in [3.63, 3.8) is 0 Å². The van der Waals surface area contributed by atoms with E-state index in [1.807, 2.05) is 123 Å². The maximum absolute atomic E-state index is 14.7. The summed E-state index contributed by atoms with van der Waals surface area (Å²) in [6, 6.07) is 44.6. The highest BCUT2D eigenvalue weighted by Gasteiger charge is 2.22. The predicted octanol–water partition coefficient (Wildman–Crippen LogP) is 12.3. The lowest BCUT2D eigenvalue weighted by atomic mass is 9.96. The molecule has 0 saturated carbocycles. The SMILES string of the molecule is CCC(=NOC(C)=O)c1ccc2c(c1)c1cc(C(=O)c3cccc(C(=O)c4ccc5c(c4)c4cc(C(CC)=NOC(C)=O)ccc4n5-c4ccc(C(C)=NOC(C)=O)cc4)c3)ccc1n2-c1ccc(C(C)=NOC(C)=O)cc1. The molecule has 0 saturated heterocycles. The van der Waals surface area contributed by atoms with Crippen LogP contribution in [0, 0.1) is 0 Å². The molecule has 16 nitrogen and oxygen atoms in total. The third kappa shape index (κ3) is 10.9. The molecule has 0 bridgehead atoms. The molecule has 0 unspecified atom stereocenters. The van der Waals surface area contributed by atoms with E-state index in [2.05, 4.69) is 29.8 Å². The van der Waals surface area contributed by atoms with Crippen LogP contribution in [0.4, 0.5) is 0 Å². The van der Waals surface area contributed by atoms with E-state index < -0.39 is 23.9 Å². The van der Waals surface area contributed by atoms with Gasteiger partial charge in [0.25, 0.3) is 0 Å². The molecule has 0 aliphatic rings. The number of carbonyl (C=O) groups is 6. The van der Waals surface area contributed by atoms with Crippen LogP contribution >= 0.6 is 0 Å². The van der Waals surface area contributed by atoms with Gasteiger partial charge in [-0.1, -0.05) is 89.1 Å². The molecule has 9 aromatic rings. The molecule has 2 aromatic heterocycles. The van der Waals surface area contributed by atoms with Crippen molar-refractivity contribution < 1.29 is 48.1 Å². The molecule has 0 radical (unpaired) electrons. The number of nitrogens with zero attached hydrogens (tertiary/aromatic N) is 6. The van der Waals surface area contributed by atoms with E-state index in [1.54, 1.807) is 50.2 Å². The van der Waals surface area contributed by atoms with Gasteiger partial charge < -0.3 is 28.5 Å². The van der Waals surface area contributed by atoms with E-state index in [4.69, 9.17) is 19.4 Å². The van der Waals surface area contributed by atoms with Crippen molar-refractivity contribution >= 4 is 102 Å².